The Balaban J connectivity index is 2.05. The molecule has 1 atom stereocenters. The van der Waals surface area contributed by atoms with Crippen molar-refractivity contribution in [2.45, 2.75) is 12.6 Å². The van der Waals surface area contributed by atoms with Crippen molar-refractivity contribution in [3.05, 3.63) is 60.4 Å². The minimum absolute atomic E-state index is 0.226. The van der Waals surface area contributed by atoms with E-state index >= 15 is 0 Å². The third-order valence-corrected chi connectivity index (χ3v) is 2.64. The van der Waals surface area contributed by atoms with Gasteiger partial charge in [0.25, 0.3) is 0 Å². The zero-order valence-corrected chi connectivity index (χ0v) is 9.56. The second-order valence-corrected chi connectivity index (χ2v) is 3.80. The van der Waals surface area contributed by atoms with E-state index in [4.69, 9.17) is 14.7 Å². The van der Waals surface area contributed by atoms with Crippen LogP contribution in [0.2, 0.25) is 0 Å². The van der Waals surface area contributed by atoms with E-state index in [1.807, 2.05) is 41.2 Å². The summed E-state index contributed by atoms with van der Waals surface area (Å²) in [6.45, 7) is 0.226. The van der Waals surface area contributed by atoms with Crippen molar-refractivity contribution in [1.29, 1.82) is 0 Å². The summed E-state index contributed by atoms with van der Waals surface area (Å²) in [5.74, 6) is 1.69. The first-order valence-electron chi connectivity index (χ1n) is 5.57. The van der Waals surface area contributed by atoms with Crippen molar-refractivity contribution in [1.82, 2.24) is 14.7 Å². The summed E-state index contributed by atoms with van der Waals surface area (Å²) in [5.41, 5.74) is 5.47. The normalized spacial score (nSPS) is 12.7. The molecule has 3 aromatic rings. The van der Waals surface area contributed by atoms with Gasteiger partial charge < -0.3 is 19.2 Å². The van der Waals surface area contributed by atoms with E-state index in [1.54, 1.807) is 6.26 Å². The largest absolute Gasteiger partial charge is 0.467 e. The van der Waals surface area contributed by atoms with Crippen LogP contribution in [-0.2, 0) is 6.54 Å². The number of furan rings is 1. The van der Waals surface area contributed by atoms with E-state index in [2.05, 4.69) is 10.1 Å². The van der Waals surface area contributed by atoms with Gasteiger partial charge in [-0.25, -0.2) is 0 Å². The highest BCUT2D eigenvalue weighted by Crippen LogP contribution is 2.24. The van der Waals surface area contributed by atoms with Gasteiger partial charge in [0, 0.05) is 12.4 Å². The zero-order chi connectivity index (χ0) is 12.4. The average molecular weight is 244 g/mol. The molecular weight excluding hydrogens is 232 g/mol. The van der Waals surface area contributed by atoms with Crippen LogP contribution in [0.3, 0.4) is 0 Å². The molecule has 18 heavy (non-hydrogen) atoms. The van der Waals surface area contributed by atoms with Crippen LogP contribution in [0, 0.1) is 0 Å². The number of aromatic nitrogens is 3. The molecule has 0 aliphatic rings. The van der Waals surface area contributed by atoms with Gasteiger partial charge in [0.1, 0.15) is 5.76 Å². The molecule has 3 aromatic heterocycles. The number of rotatable bonds is 4. The molecule has 0 bridgehead atoms. The fourth-order valence-electron chi connectivity index (χ4n) is 1.84. The molecule has 0 spiro atoms. The maximum atomic E-state index is 5.47. The SMILES string of the molecule is NCc1nc(C(c2ccco2)n2cccc2)no1. The Bertz CT molecular complexity index is 564. The van der Waals surface area contributed by atoms with E-state index in [9.17, 15) is 0 Å². The molecule has 0 saturated carbocycles. The lowest BCUT2D eigenvalue weighted by molar-refractivity contribution is 0.365. The summed E-state index contributed by atoms with van der Waals surface area (Å²) < 4.78 is 12.4. The molecule has 3 rings (SSSR count). The quantitative estimate of drug-likeness (QED) is 0.753. The van der Waals surface area contributed by atoms with Gasteiger partial charge in [-0.15, -0.1) is 0 Å². The fraction of sp³-hybridized carbons (Fsp3) is 0.167. The van der Waals surface area contributed by atoms with Crippen molar-refractivity contribution >= 4 is 0 Å². The lowest BCUT2D eigenvalue weighted by Gasteiger charge is -2.12. The van der Waals surface area contributed by atoms with E-state index < -0.39 is 0 Å². The molecule has 0 radical (unpaired) electrons. The molecule has 0 aromatic carbocycles. The van der Waals surface area contributed by atoms with Gasteiger partial charge in [-0.3, -0.25) is 0 Å². The van der Waals surface area contributed by atoms with Crippen LogP contribution in [0.25, 0.3) is 0 Å². The average Bonchev–Trinajstić information content (AvgIpc) is 3.13. The monoisotopic (exact) mass is 244 g/mol. The van der Waals surface area contributed by atoms with Gasteiger partial charge in [-0.2, -0.15) is 4.98 Å². The molecule has 92 valence electrons. The number of hydrogen-bond acceptors (Lipinski definition) is 5. The molecule has 0 aliphatic carbocycles. The number of nitrogens with two attached hydrogens (primary N) is 1. The molecule has 0 amide bonds. The molecule has 3 heterocycles. The zero-order valence-electron chi connectivity index (χ0n) is 9.56. The summed E-state index contributed by atoms with van der Waals surface area (Å²) in [4.78, 5) is 4.26. The first-order chi connectivity index (χ1) is 8.88. The van der Waals surface area contributed by atoms with Gasteiger partial charge >= 0.3 is 0 Å². The third kappa shape index (κ3) is 1.82. The summed E-state index contributed by atoms with van der Waals surface area (Å²) in [6.07, 6.45) is 5.47. The summed E-state index contributed by atoms with van der Waals surface area (Å²) in [5, 5.41) is 3.95. The Labute approximate surface area is 103 Å². The van der Waals surface area contributed by atoms with Crippen LogP contribution in [0.4, 0.5) is 0 Å². The molecule has 0 aliphatic heterocycles. The highest BCUT2D eigenvalue weighted by Gasteiger charge is 2.23. The van der Waals surface area contributed by atoms with Crippen LogP contribution in [0.15, 0.2) is 51.9 Å². The standard InChI is InChI=1S/C12H12N4O2/c13-8-10-14-12(15-18-10)11(9-4-3-7-17-9)16-5-1-2-6-16/h1-7,11H,8,13H2. The van der Waals surface area contributed by atoms with Crippen molar-refractivity contribution < 1.29 is 8.94 Å². The highest BCUT2D eigenvalue weighted by molar-refractivity contribution is 5.17. The van der Waals surface area contributed by atoms with Crippen LogP contribution < -0.4 is 5.73 Å². The number of hydrogen-bond donors (Lipinski definition) is 1. The Hall–Kier alpha value is -2.34. The van der Waals surface area contributed by atoms with Crippen molar-refractivity contribution in [2.24, 2.45) is 5.73 Å². The van der Waals surface area contributed by atoms with E-state index in [0.29, 0.717) is 11.7 Å². The Morgan fingerprint density at radius 2 is 2.11 bits per heavy atom. The molecule has 1 unspecified atom stereocenters. The Morgan fingerprint density at radius 1 is 1.28 bits per heavy atom. The predicted octanol–water partition coefficient (Wildman–Crippen LogP) is 1.56. The van der Waals surface area contributed by atoms with E-state index in [-0.39, 0.29) is 12.6 Å². The second kappa shape index (κ2) is 4.50. The minimum Gasteiger partial charge on any atom is -0.467 e. The van der Waals surface area contributed by atoms with Crippen molar-refractivity contribution in [3.63, 3.8) is 0 Å². The first-order valence-corrected chi connectivity index (χ1v) is 5.57. The summed E-state index contributed by atoms with van der Waals surface area (Å²) in [7, 11) is 0. The van der Waals surface area contributed by atoms with Crippen LogP contribution in [0.1, 0.15) is 23.5 Å². The van der Waals surface area contributed by atoms with Gasteiger partial charge in [-0.05, 0) is 24.3 Å². The maximum absolute atomic E-state index is 5.47. The first kappa shape index (κ1) is 10.8. The van der Waals surface area contributed by atoms with Gasteiger partial charge in [0.2, 0.25) is 11.7 Å². The van der Waals surface area contributed by atoms with Crippen LogP contribution in [0.5, 0.6) is 0 Å². The minimum atomic E-state index is -0.237. The van der Waals surface area contributed by atoms with Gasteiger partial charge in [-0.1, -0.05) is 5.16 Å². The summed E-state index contributed by atoms with van der Waals surface area (Å²) >= 11 is 0. The van der Waals surface area contributed by atoms with Crippen molar-refractivity contribution in [3.8, 4) is 0 Å². The Morgan fingerprint density at radius 3 is 2.72 bits per heavy atom. The smallest absolute Gasteiger partial charge is 0.240 e. The van der Waals surface area contributed by atoms with E-state index in [1.165, 1.54) is 0 Å². The van der Waals surface area contributed by atoms with E-state index in [0.717, 1.165) is 5.76 Å². The van der Waals surface area contributed by atoms with Gasteiger partial charge in [0.15, 0.2) is 6.04 Å². The second-order valence-electron chi connectivity index (χ2n) is 3.80. The highest BCUT2D eigenvalue weighted by atomic mass is 16.5. The molecule has 0 saturated heterocycles. The molecule has 2 N–H and O–H groups in total. The topological polar surface area (TPSA) is 83.0 Å². The van der Waals surface area contributed by atoms with Crippen LogP contribution in [-0.4, -0.2) is 14.7 Å². The molecule has 6 heteroatoms. The fourth-order valence-corrected chi connectivity index (χ4v) is 1.84. The summed E-state index contributed by atoms with van der Waals surface area (Å²) in [6, 6.07) is 7.33. The third-order valence-electron chi connectivity index (χ3n) is 2.64. The molecular formula is C12H12N4O2. The number of nitrogens with zero attached hydrogens (tertiary/aromatic N) is 3. The lowest BCUT2D eigenvalue weighted by Crippen LogP contribution is -2.11. The van der Waals surface area contributed by atoms with Crippen molar-refractivity contribution in [2.75, 3.05) is 0 Å². The maximum Gasteiger partial charge on any atom is 0.240 e. The predicted molar refractivity (Wildman–Crippen MR) is 62.6 cm³/mol. The molecule has 0 fully saturated rings. The molecule has 6 nitrogen and oxygen atoms in total. The Kier molecular flexibility index (Phi) is 2.70. The van der Waals surface area contributed by atoms with Gasteiger partial charge in [0.05, 0.1) is 12.8 Å². The lowest BCUT2D eigenvalue weighted by atomic mass is 10.2. The van der Waals surface area contributed by atoms with Crippen LogP contribution >= 0.6 is 0 Å².